The van der Waals surface area contributed by atoms with Crippen molar-refractivity contribution in [2.45, 2.75) is 45.8 Å². The molecule has 0 aliphatic heterocycles. The minimum Gasteiger partial charge on any atom is -0.373 e. The van der Waals surface area contributed by atoms with Crippen molar-refractivity contribution in [3.05, 3.63) is 18.0 Å². The first kappa shape index (κ1) is 12.9. The van der Waals surface area contributed by atoms with Crippen LogP contribution in [0.5, 0.6) is 0 Å². The first-order chi connectivity index (χ1) is 7.74. The molecule has 4 heteroatoms. The van der Waals surface area contributed by atoms with E-state index in [2.05, 4.69) is 12.0 Å². The largest absolute Gasteiger partial charge is 0.373 e. The monoisotopic (exact) mass is 224 g/mol. The third kappa shape index (κ3) is 2.92. The number of ketones is 1. The highest BCUT2D eigenvalue weighted by molar-refractivity contribution is 5.97. The molecule has 0 saturated carbocycles. The lowest BCUT2D eigenvalue weighted by molar-refractivity contribution is 0.0567. The van der Waals surface area contributed by atoms with Crippen LogP contribution in [0.2, 0.25) is 0 Å². The molecule has 0 radical (unpaired) electrons. The summed E-state index contributed by atoms with van der Waals surface area (Å²) in [5.41, 5.74) is 0.655. The SMILES string of the molecule is CCCC(OC)C(=O)c1ccnn1CCC. The van der Waals surface area contributed by atoms with Crippen molar-refractivity contribution < 1.29 is 9.53 Å². The van der Waals surface area contributed by atoms with Crippen LogP contribution in [0.25, 0.3) is 0 Å². The van der Waals surface area contributed by atoms with Crippen molar-refractivity contribution in [2.24, 2.45) is 0 Å². The maximum Gasteiger partial charge on any atom is 0.209 e. The number of aromatic nitrogens is 2. The molecule has 0 aliphatic carbocycles. The Labute approximate surface area is 96.6 Å². The molecule has 0 N–H and O–H groups in total. The van der Waals surface area contributed by atoms with Gasteiger partial charge in [0.25, 0.3) is 0 Å². The average Bonchev–Trinajstić information content (AvgIpc) is 2.73. The van der Waals surface area contributed by atoms with Crippen LogP contribution in [0.3, 0.4) is 0 Å². The molecule has 1 aromatic rings. The topological polar surface area (TPSA) is 44.1 Å². The van der Waals surface area contributed by atoms with Gasteiger partial charge in [-0.25, -0.2) is 0 Å². The summed E-state index contributed by atoms with van der Waals surface area (Å²) in [7, 11) is 1.58. The number of nitrogens with zero attached hydrogens (tertiary/aromatic N) is 2. The molecule has 0 spiro atoms. The molecule has 0 aliphatic rings. The highest BCUT2D eigenvalue weighted by Crippen LogP contribution is 2.10. The zero-order valence-electron chi connectivity index (χ0n) is 10.3. The molecule has 1 atom stereocenters. The Balaban J connectivity index is 2.81. The fraction of sp³-hybridized carbons (Fsp3) is 0.667. The van der Waals surface area contributed by atoms with E-state index in [1.54, 1.807) is 24.1 Å². The molecule has 90 valence electrons. The summed E-state index contributed by atoms with van der Waals surface area (Å²) in [5.74, 6) is 0.0373. The van der Waals surface area contributed by atoms with E-state index < -0.39 is 0 Å². The van der Waals surface area contributed by atoms with E-state index in [9.17, 15) is 4.79 Å². The number of carbonyl (C=O) groups is 1. The Morgan fingerprint density at radius 3 is 2.81 bits per heavy atom. The lowest BCUT2D eigenvalue weighted by atomic mass is 10.1. The Morgan fingerprint density at radius 1 is 1.50 bits per heavy atom. The lowest BCUT2D eigenvalue weighted by Crippen LogP contribution is -2.25. The van der Waals surface area contributed by atoms with Crippen LogP contribution in [0.15, 0.2) is 12.3 Å². The molecule has 1 aromatic heterocycles. The minimum absolute atomic E-state index is 0.0373. The van der Waals surface area contributed by atoms with E-state index in [1.807, 2.05) is 6.92 Å². The zero-order chi connectivity index (χ0) is 12.0. The van der Waals surface area contributed by atoms with Gasteiger partial charge in [-0.1, -0.05) is 20.3 Å². The van der Waals surface area contributed by atoms with Crippen LogP contribution in [0.4, 0.5) is 0 Å². The summed E-state index contributed by atoms with van der Waals surface area (Å²) in [4.78, 5) is 12.1. The fourth-order valence-electron chi connectivity index (χ4n) is 1.72. The summed E-state index contributed by atoms with van der Waals surface area (Å²) in [6.07, 6.45) is 3.99. The third-order valence-electron chi connectivity index (χ3n) is 2.53. The van der Waals surface area contributed by atoms with Gasteiger partial charge in [0.2, 0.25) is 5.78 Å². The summed E-state index contributed by atoms with van der Waals surface area (Å²) in [6.45, 7) is 4.88. The van der Waals surface area contributed by atoms with Crippen LogP contribution in [0, 0.1) is 0 Å². The second kappa shape index (κ2) is 6.43. The molecular weight excluding hydrogens is 204 g/mol. The summed E-state index contributed by atoms with van der Waals surface area (Å²) in [5, 5.41) is 4.14. The number of carbonyl (C=O) groups excluding carboxylic acids is 1. The molecule has 0 aromatic carbocycles. The van der Waals surface area contributed by atoms with E-state index in [4.69, 9.17) is 4.74 Å². The molecule has 16 heavy (non-hydrogen) atoms. The smallest absolute Gasteiger partial charge is 0.209 e. The van der Waals surface area contributed by atoms with Gasteiger partial charge in [0, 0.05) is 19.9 Å². The molecule has 0 saturated heterocycles. The van der Waals surface area contributed by atoms with Crippen molar-refractivity contribution in [3.63, 3.8) is 0 Å². The average molecular weight is 224 g/mol. The van der Waals surface area contributed by atoms with Crippen LogP contribution < -0.4 is 0 Å². The molecule has 0 fully saturated rings. The number of methoxy groups -OCH3 is 1. The van der Waals surface area contributed by atoms with Gasteiger partial charge >= 0.3 is 0 Å². The van der Waals surface area contributed by atoms with Crippen molar-refractivity contribution in [2.75, 3.05) is 7.11 Å². The molecule has 0 bridgehead atoms. The normalized spacial score (nSPS) is 12.7. The quantitative estimate of drug-likeness (QED) is 0.667. The molecule has 1 heterocycles. The highest BCUT2D eigenvalue weighted by atomic mass is 16.5. The Morgan fingerprint density at radius 2 is 2.25 bits per heavy atom. The fourth-order valence-corrected chi connectivity index (χ4v) is 1.72. The molecular formula is C12H20N2O2. The van der Waals surface area contributed by atoms with Gasteiger partial charge in [0.1, 0.15) is 11.8 Å². The maximum absolute atomic E-state index is 12.1. The van der Waals surface area contributed by atoms with Gasteiger partial charge in [0.05, 0.1) is 0 Å². The van der Waals surface area contributed by atoms with Gasteiger partial charge in [-0.3, -0.25) is 9.48 Å². The van der Waals surface area contributed by atoms with E-state index in [-0.39, 0.29) is 11.9 Å². The van der Waals surface area contributed by atoms with E-state index in [0.29, 0.717) is 5.69 Å². The lowest BCUT2D eigenvalue weighted by Gasteiger charge is -2.13. The number of rotatable bonds is 7. The van der Waals surface area contributed by atoms with Crippen molar-refractivity contribution in [1.29, 1.82) is 0 Å². The Bertz CT molecular complexity index is 334. The van der Waals surface area contributed by atoms with E-state index in [0.717, 1.165) is 25.8 Å². The third-order valence-corrected chi connectivity index (χ3v) is 2.53. The van der Waals surface area contributed by atoms with Crippen LogP contribution in [-0.2, 0) is 11.3 Å². The van der Waals surface area contributed by atoms with Gasteiger partial charge in [0.15, 0.2) is 0 Å². The molecule has 1 unspecified atom stereocenters. The van der Waals surface area contributed by atoms with Crippen molar-refractivity contribution in [1.82, 2.24) is 9.78 Å². The van der Waals surface area contributed by atoms with Crippen LogP contribution >= 0.6 is 0 Å². The zero-order valence-corrected chi connectivity index (χ0v) is 10.3. The minimum atomic E-state index is -0.336. The highest BCUT2D eigenvalue weighted by Gasteiger charge is 2.21. The molecule has 0 amide bonds. The van der Waals surface area contributed by atoms with Gasteiger partial charge in [-0.15, -0.1) is 0 Å². The van der Waals surface area contributed by atoms with Crippen LogP contribution in [-0.4, -0.2) is 28.8 Å². The molecule has 4 nitrogen and oxygen atoms in total. The standard InChI is InChI=1S/C12H20N2O2/c1-4-6-11(16-3)12(15)10-7-8-13-14(10)9-5-2/h7-8,11H,4-6,9H2,1-3H3. The van der Waals surface area contributed by atoms with Gasteiger partial charge < -0.3 is 4.74 Å². The summed E-state index contributed by atoms with van der Waals surface area (Å²) in [6, 6.07) is 1.76. The maximum atomic E-state index is 12.1. The van der Waals surface area contributed by atoms with E-state index >= 15 is 0 Å². The second-order valence-corrected chi connectivity index (χ2v) is 3.82. The van der Waals surface area contributed by atoms with Gasteiger partial charge in [-0.2, -0.15) is 5.10 Å². The van der Waals surface area contributed by atoms with Crippen LogP contribution in [0.1, 0.15) is 43.6 Å². The summed E-state index contributed by atoms with van der Waals surface area (Å²) >= 11 is 0. The van der Waals surface area contributed by atoms with E-state index in [1.165, 1.54) is 0 Å². The van der Waals surface area contributed by atoms with Gasteiger partial charge in [-0.05, 0) is 18.9 Å². The molecule has 1 rings (SSSR count). The Kier molecular flexibility index (Phi) is 5.19. The first-order valence-electron chi connectivity index (χ1n) is 5.83. The number of hydrogen-bond donors (Lipinski definition) is 0. The predicted molar refractivity (Wildman–Crippen MR) is 62.6 cm³/mol. The predicted octanol–water partition coefficient (Wildman–Crippen LogP) is 2.29. The van der Waals surface area contributed by atoms with Crippen molar-refractivity contribution >= 4 is 5.78 Å². The Hall–Kier alpha value is -1.16. The number of ether oxygens (including phenoxy) is 1. The first-order valence-corrected chi connectivity index (χ1v) is 5.83. The number of Topliss-reactive ketones (excluding diaryl/α,β-unsaturated/α-hetero) is 1. The number of hydrogen-bond acceptors (Lipinski definition) is 3. The van der Waals surface area contributed by atoms with Crippen molar-refractivity contribution in [3.8, 4) is 0 Å². The summed E-state index contributed by atoms with van der Waals surface area (Å²) < 4.78 is 6.97. The second-order valence-electron chi connectivity index (χ2n) is 3.82. The number of aryl methyl sites for hydroxylation is 1.